The minimum absolute atomic E-state index is 0.00605. The number of unbranched alkanes of at least 4 members (excludes halogenated alkanes) is 2. The predicted molar refractivity (Wildman–Crippen MR) is 147 cm³/mol. The summed E-state index contributed by atoms with van der Waals surface area (Å²) >= 11 is 14.9. The third-order valence-electron chi connectivity index (χ3n) is 8.29. The van der Waals surface area contributed by atoms with Crippen molar-refractivity contribution in [2.24, 2.45) is 11.8 Å². The molecule has 3 amide bonds. The number of benzene rings is 3. The van der Waals surface area contributed by atoms with Gasteiger partial charge in [0.15, 0.2) is 0 Å². The van der Waals surface area contributed by atoms with Gasteiger partial charge in [0.25, 0.3) is 0 Å². The predicted octanol–water partition coefficient (Wildman–Crippen LogP) is 5.46. The molecular formula is C31H28Cl2N2O3. The fraction of sp³-hybridized carbons (Fsp3) is 0.323. The highest BCUT2D eigenvalue weighted by atomic mass is 35.5. The standard InChI is InChI=1S/C31H28Cl2N2O3/c32-30-21-13-6-7-14-22(21)31(33,24-16-9-8-15-23(24)30)27-26(30)28(37)35(29(27)38)18-10-2-5-17-25(36)34-19-20-11-3-1-4-12-20/h1,3-4,6-9,11-16,26-27H,2,5,10,17-19H2,(H,34,36)/t26-,27-,30?,31?/m1/s1. The van der Waals surface area contributed by atoms with E-state index in [9.17, 15) is 14.4 Å². The largest absolute Gasteiger partial charge is 0.352 e. The van der Waals surface area contributed by atoms with Crippen LogP contribution >= 0.6 is 23.2 Å². The third kappa shape index (κ3) is 3.63. The van der Waals surface area contributed by atoms with Crippen molar-refractivity contribution in [1.29, 1.82) is 0 Å². The van der Waals surface area contributed by atoms with Gasteiger partial charge in [0, 0.05) is 19.5 Å². The zero-order chi connectivity index (χ0) is 26.5. The molecule has 2 bridgehead atoms. The Morgan fingerprint density at radius 1 is 0.711 bits per heavy atom. The lowest BCUT2D eigenvalue weighted by molar-refractivity contribution is -0.140. The van der Waals surface area contributed by atoms with Crippen molar-refractivity contribution in [3.05, 3.63) is 107 Å². The monoisotopic (exact) mass is 546 g/mol. The molecule has 3 aromatic rings. The summed E-state index contributed by atoms with van der Waals surface area (Å²) in [5.74, 6) is -2.05. The Morgan fingerprint density at radius 3 is 1.68 bits per heavy atom. The lowest BCUT2D eigenvalue weighted by atomic mass is 9.54. The number of nitrogens with zero attached hydrogens (tertiary/aromatic N) is 1. The number of carbonyl (C=O) groups excluding carboxylic acids is 3. The van der Waals surface area contributed by atoms with Crippen molar-refractivity contribution in [3.63, 3.8) is 0 Å². The molecule has 3 aliphatic carbocycles. The van der Waals surface area contributed by atoms with Gasteiger partial charge < -0.3 is 5.32 Å². The van der Waals surface area contributed by atoms with Crippen molar-refractivity contribution in [1.82, 2.24) is 10.2 Å². The first-order chi connectivity index (χ1) is 18.4. The lowest BCUT2D eigenvalue weighted by Crippen LogP contribution is -2.57. The molecule has 7 rings (SSSR count). The molecule has 0 radical (unpaired) electrons. The Balaban J connectivity index is 1.14. The molecule has 1 fully saturated rings. The molecule has 0 unspecified atom stereocenters. The van der Waals surface area contributed by atoms with Gasteiger partial charge in [-0.3, -0.25) is 19.3 Å². The van der Waals surface area contributed by atoms with Crippen LogP contribution in [0.4, 0.5) is 0 Å². The topological polar surface area (TPSA) is 66.5 Å². The molecule has 0 aromatic heterocycles. The Morgan fingerprint density at radius 2 is 1.18 bits per heavy atom. The van der Waals surface area contributed by atoms with Crippen LogP contribution in [0.3, 0.4) is 0 Å². The number of hydrogen-bond acceptors (Lipinski definition) is 3. The SMILES string of the molecule is O=C(CCCCCN1C(=O)[C@H]2[C@H](C1=O)C1(Cl)c3ccccc3C2(Cl)c2ccccc21)NCc1ccccc1. The third-order valence-corrected chi connectivity index (χ3v) is 9.58. The Kier molecular flexibility index (Phi) is 6.32. The van der Waals surface area contributed by atoms with Crippen molar-refractivity contribution in [2.75, 3.05) is 6.54 Å². The molecule has 1 heterocycles. The van der Waals surface area contributed by atoms with E-state index < -0.39 is 21.6 Å². The van der Waals surface area contributed by atoms with Crippen molar-refractivity contribution >= 4 is 40.9 Å². The van der Waals surface area contributed by atoms with E-state index in [0.717, 1.165) is 34.2 Å². The first-order valence-corrected chi connectivity index (χ1v) is 13.9. The lowest BCUT2D eigenvalue weighted by Gasteiger charge is -2.54. The average Bonchev–Trinajstić information content (AvgIpc) is 3.21. The summed E-state index contributed by atoms with van der Waals surface area (Å²) in [6.45, 7) is 0.799. The first kappa shape index (κ1) is 25.1. The van der Waals surface area contributed by atoms with Gasteiger partial charge in [-0.15, -0.1) is 23.2 Å². The minimum Gasteiger partial charge on any atom is -0.352 e. The smallest absolute Gasteiger partial charge is 0.235 e. The van der Waals surface area contributed by atoms with Crippen LogP contribution in [0.15, 0.2) is 78.9 Å². The number of likely N-dealkylation sites (tertiary alicyclic amines) is 1. The molecule has 3 aromatic carbocycles. The number of imide groups is 1. The van der Waals surface area contributed by atoms with Crippen LogP contribution in [-0.4, -0.2) is 29.2 Å². The summed E-state index contributed by atoms with van der Waals surface area (Å²) in [6, 6.07) is 25.1. The number of amides is 3. The fourth-order valence-corrected chi connectivity index (χ4v) is 7.66. The van der Waals surface area contributed by atoms with E-state index >= 15 is 0 Å². The number of halogens is 2. The first-order valence-electron chi connectivity index (χ1n) is 13.1. The Bertz CT molecular complexity index is 1300. The van der Waals surface area contributed by atoms with Gasteiger partial charge >= 0.3 is 0 Å². The highest BCUT2D eigenvalue weighted by Crippen LogP contribution is 2.69. The zero-order valence-corrected chi connectivity index (χ0v) is 22.3. The summed E-state index contributed by atoms with van der Waals surface area (Å²) in [7, 11) is 0. The van der Waals surface area contributed by atoms with Crippen molar-refractivity contribution < 1.29 is 14.4 Å². The van der Waals surface area contributed by atoms with Crippen LogP contribution in [0.1, 0.15) is 53.5 Å². The minimum atomic E-state index is -1.15. The van der Waals surface area contributed by atoms with E-state index in [0.29, 0.717) is 32.4 Å². The number of alkyl halides is 2. The van der Waals surface area contributed by atoms with E-state index in [1.807, 2.05) is 78.9 Å². The second kappa shape index (κ2) is 9.55. The molecule has 1 aliphatic heterocycles. The molecular weight excluding hydrogens is 519 g/mol. The Labute approximate surface area is 232 Å². The molecule has 5 nitrogen and oxygen atoms in total. The van der Waals surface area contributed by atoms with Crippen LogP contribution in [0.5, 0.6) is 0 Å². The molecule has 1 saturated heterocycles. The number of carbonyl (C=O) groups is 3. The summed E-state index contributed by atoms with van der Waals surface area (Å²) in [6.07, 6.45) is 2.43. The Hall–Kier alpha value is -3.15. The number of rotatable bonds is 8. The summed E-state index contributed by atoms with van der Waals surface area (Å²) in [4.78, 5) is 38.9. The van der Waals surface area contributed by atoms with Crippen molar-refractivity contribution in [2.45, 2.75) is 42.0 Å². The molecule has 194 valence electrons. The maximum atomic E-state index is 13.8. The van der Waals surface area contributed by atoms with Crippen LogP contribution in [0, 0.1) is 11.8 Å². The molecule has 0 saturated carbocycles. The van der Waals surface area contributed by atoms with E-state index in [4.69, 9.17) is 23.2 Å². The quantitative estimate of drug-likeness (QED) is 0.232. The van der Waals surface area contributed by atoms with Crippen LogP contribution in [0.25, 0.3) is 0 Å². The van der Waals surface area contributed by atoms with Gasteiger partial charge in [-0.2, -0.15) is 0 Å². The molecule has 7 heteroatoms. The fourth-order valence-electron chi connectivity index (χ4n) is 6.56. The second-order valence-electron chi connectivity index (χ2n) is 10.4. The second-order valence-corrected chi connectivity index (χ2v) is 11.6. The number of nitrogens with one attached hydrogen (secondary N) is 1. The maximum absolute atomic E-state index is 13.8. The zero-order valence-electron chi connectivity index (χ0n) is 20.8. The summed E-state index contributed by atoms with van der Waals surface area (Å²) < 4.78 is 0. The van der Waals surface area contributed by atoms with Gasteiger partial charge in [0.05, 0.1) is 11.8 Å². The average molecular weight is 547 g/mol. The van der Waals surface area contributed by atoms with Gasteiger partial charge in [-0.05, 0) is 40.7 Å². The van der Waals surface area contributed by atoms with Crippen LogP contribution in [0.2, 0.25) is 0 Å². The molecule has 1 N–H and O–H groups in total. The van der Waals surface area contributed by atoms with Gasteiger partial charge in [0.1, 0.15) is 9.75 Å². The van der Waals surface area contributed by atoms with E-state index in [2.05, 4.69) is 5.32 Å². The van der Waals surface area contributed by atoms with Crippen molar-refractivity contribution in [3.8, 4) is 0 Å². The molecule has 4 aliphatic rings. The highest BCUT2D eigenvalue weighted by Gasteiger charge is 2.72. The van der Waals surface area contributed by atoms with Gasteiger partial charge in [-0.1, -0.05) is 85.3 Å². The molecule has 2 atom stereocenters. The van der Waals surface area contributed by atoms with Crippen LogP contribution < -0.4 is 5.32 Å². The maximum Gasteiger partial charge on any atom is 0.235 e. The molecule has 0 spiro atoms. The van der Waals surface area contributed by atoms with Gasteiger partial charge in [-0.25, -0.2) is 0 Å². The highest BCUT2D eigenvalue weighted by molar-refractivity contribution is 6.36. The van der Waals surface area contributed by atoms with Gasteiger partial charge in [0.2, 0.25) is 17.7 Å². The summed E-state index contributed by atoms with van der Waals surface area (Å²) in [5, 5.41) is 2.93. The summed E-state index contributed by atoms with van der Waals surface area (Å²) in [5.41, 5.74) is 4.28. The van der Waals surface area contributed by atoms with E-state index in [1.54, 1.807) is 0 Å². The van der Waals surface area contributed by atoms with E-state index in [-0.39, 0.29) is 17.7 Å². The normalized spacial score (nSPS) is 26.6. The van der Waals surface area contributed by atoms with E-state index in [1.165, 1.54) is 4.90 Å². The number of hydrogen-bond donors (Lipinski definition) is 1. The van der Waals surface area contributed by atoms with Crippen LogP contribution in [-0.2, 0) is 30.7 Å². The molecule has 38 heavy (non-hydrogen) atoms.